The number of thiophene rings is 1. The summed E-state index contributed by atoms with van der Waals surface area (Å²) in [5.74, 6) is -0.866. The summed E-state index contributed by atoms with van der Waals surface area (Å²) < 4.78 is 0. The number of nitrogens with one attached hydrogen (secondary N) is 1. The summed E-state index contributed by atoms with van der Waals surface area (Å²) >= 11 is 1.72. The van der Waals surface area contributed by atoms with Gasteiger partial charge in [-0.1, -0.05) is 6.92 Å². The zero-order chi connectivity index (χ0) is 18.7. The van der Waals surface area contributed by atoms with E-state index in [2.05, 4.69) is 12.2 Å². The molecule has 0 spiro atoms. The van der Waals surface area contributed by atoms with Gasteiger partial charge in [0.1, 0.15) is 5.54 Å². The van der Waals surface area contributed by atoms with E-state index in [-0.39, 0.29) is 24.7 Å². The van der Waals surface area contributed by atoms with Gasteiger partial charge in [-0.05, 0) is 55.0 Å². The number of carbonyl (C=O) groups is 3. The van der Waals surface area contributed by atoms with Gasteiger partial charge in [-0.3, -0.25) is 9.59 Å². The van der Waals surface area contributed by atoms with E-state index in [9.17, 15) is 19.5 Å². The predicted octanol–water partition coefficient (Wildman–Crippen LogP) is 2.56. The van der Waals surface area contributed by atoms with Gasteiger partial charge in [0.2, 0.25) is 11.8 Å². The van der Waals surface area contributed by atoms with Crippen LogP contribution < -0.4 is 5.32 Å². The lowest BCUT2D eigenvalue weighted by atomic mass is 9.77. The van der Waals surface area contributed by atoms with E-state index < -0.39 is 11.5 Å². The summed E-state index contributed by atoms with van der Waals surface area (Å²) in [4.78, 5) is 39.5. The highest BCUT2D eigenvalue weighted by atomic mass is 32.1. The molecule has 2 N–H and O–H groups in total. The van der Waals surface area contributed by atoms with Crippen LogP contribution in [-0.4, -0.2) is 39.9 Å². The number of carboxylic acids is 1. The molecular weight excluding hydrogens is 352 g/mol. The van der Waals surface area contributed by atoms with Crippen LogP contribution in [0.1, 0.15) is 55.9 Å². The Morgan fingerprint density at radius 2 is 2.04 bits per heavy atom. The fraction of sp³-hybridized carbons (Fsp3) is 0.632. The molecule has 6 nitrogen and oxygen atoms in total. The minimum atomic E-state index is -1.16. The highest BCUT2D eigenvalue weighted by molar-refractivity contribution is 7.10. The zero-order valence-corrected chi connectivity index (χ0v) is 15.9. The molecule has 0 unspecified atom stereocenters. The maximum Gasteiger partial charge on any atom is 0.329 e. The third-order valence-electron chi connectivity index (χ3n) is 5.64. The van der Waals surface area contributed by atoms with E-state index in [1.54, 1.807) is 16.2 Å². The molecule has 142 valence electrons. The molecule has 1 fully saturated rings. The molecule has 1 aliphatic heterocycles. The maximum absolute atomic E-state index is 12.4. The molecule has 7 heteroatoms. The second kappa shape index (κ2) is 7.78. The first-order chi connectivity index (χ1) is 12.4. The molecule has 2 amide bonds. The van der Waals surface area contributed by atoms with Crippen molar-refractivity contribution in [2.75, 3.05) is 6.54 Å². The molecule has 1 aromatic rings. The van der Waals surface area contributed by atoms with Crippen LogP contribution >= 0.6 is 11.3 Å². The fourth-order valence-electron chi connectivity index (χ4n) is 3.82. The van der Waals surface area contributed by atoms with Crippen LogP contribution in [0.5, 0.6) is 0 Å². The van der Waals surface area contributed by atoms with E-state index in [1.807, 2.05) is 11.4 Å². The number of amides is 2. The van der Waals surface area contributed by atoms with Crippen LogP contribution in [0.4, 0.5) is 0 Å². The van der Waals surface area contributed by atoms with Crippen molar-refractivity contribution < 1.29 is 19.5 Å². The molecule has 3 rings (SSSR count). The Kier molecular flexibility index (Phi) is 5.65. The van der Waals surface area contributed by atoms with Gasteiger partial charge in [0.15, 0.2) is 0 Å². The van der Waals surface area contributed by atoms with Gasteiger partial charge < -0.3 is 15.3 Å². The van der Waals surface area contributed by atoms with Gasteiger partial charge in [-0.2, -0.15) is 0 Å². The number of aliphatic carboxylic acids is 1. The summed E-state index contributed by atoms with van der Waals surface area (Å²) in [6.45, 7) is 3.39. The average molecular weight is 378 g/mol. The van der Waals surface area contributed by atoms with E-state index in [4.69, 9.17) is 0 Å². The van der Waals surface area contributed by atoms with Crippen LogP contribution in [0.15, 0.2) is 11.4 Å². The Morgan fingerprint density at radius 3 is 2.73 bits per heavy atom. The van der Waals surface area contributed by atoms with Gasteiger partial charge >= 0.3 is 5.97 Å². The van der Waals surface area contributed by atoms with Gasteiger partial charge in [0.05, 0.1) is 0 Å². The number of hydrogen-bond donors (Lipinski definition) is 2. The second-order valence-electron chi connectivity index (χ2n) is 7.55. The Labute approximate surface area is 157 Å². The summed E-state index contributed by atoms with van der Waals surface area (Å²) in [6.07, 6.45) is 3.52. The summed E-state index contributed by atoms with van der Waals surface area (Å²) in [6, 6.07) is 2.05. The first kappa shape index (κ1) is 18.9. The van der Waals surface area contributed by atoms with Crippen molar-refractivity contribution in [3.63, 3.8) is 0 Å². The largest absolute Gasteiger partial charge is 0.480 e. The molecule has 0 bridgehead atoms. The highest BCUT2D eigenvalue weighted by Crippen LogP contribution is 2.32. The first-order valence-corrected chi connectivity index (χ1v) is 10.1. The summed E-state index contributed by atoms with van der Waals surface area (Å²) in [5.41, 5.74) is 0.0313. The summed E-state index contributed by atoms with van der Waals surface area (Å²) in [7, 11) is 0. The number of carbonyl (C=O) groups excluding carboxylic acids is 2. The first-order valence-electron chi connectivity index (χ1n) is 9.27. The molecular formula is C19H26N2O4S. The molecule has 1 aliphatic carbocycles. The number of carboxylic acid groups (broad SMARTS) is 1. The molecule has 0 saturated heterocycles. The lowest BCUT2D eigenvalue weighted by Gasteiger charge is -2.36. The molecule has 2 heterocycles. The summed E-state index contributed by atoms with van der Waals surface area (Å²) in [5, 5.41) is 14.3. The minimum absolute atomic E-state index is 0.0381. The van der Waals surface area contributed by atoms with Crippen molar-refractivity contribution in [3.8, 4) is 0 Å². The molecule has 0 radical (unpaired) electrons. The molecule has 1 saturated carbocycles. The smallest absolute Gasteiger partial charge is 0.329 e. The van der Waals surface area contributed by atoms with E-state index in [1.165, 1.54) is 10.4 Å². The van der Waals surface area contributed by atoms with E-state index in [0.717, 1.165) is 19.3 Å². The monoisotopic (exact) mass is 378 g/mol. The van der Waals surface area contributed by atoms with Crippen LogP contribution in [0, 0.1) is 5.92 Å². The van der Waals surface area contributed by atoms with E-state index in [0.29, 0.717) is 31.8 Å². The Hall–Kier alpha value is -1.89. The van der Waals surface area contributed by atoms with Crippen molar-refractivity contribution in [2.24, 2.45) is 5.92 Å². The Balaban J connectivity index is 1.50. The third kappa shape index (κ3) is 4.09. The van der Waals surface area contributed by atoms with Crippen LogP contribution in [0.3, 0.4) is 0 Å². The van der Waals surface area contributed by atoms with Crippen molar-refractivity contribution in [3.05, 3.63) is 21.9 Å². The average Bonchev–Trinajstić information content (AvgIpc) is 3.09. The van der Waals surface area contributed by atoms with Crippen molar-refractivity contribution in [1.29, 1.82) is 0 Å². The minimum Gasteiger partial charge on any atom is -0.480 e. The van der Waals surface area contributed by atoms with Gasteiger partial charge in [-0.25, -0.2) is 4.79 Å². The number of rotatable bonds is 5. The molecule has 1 aromatic heterocycles. The van der Waals surface area contributed by atoms with Gasteiger partial charge in [0, 0.05) is 30.8 Å². The van der Waals surface area contributed by atoms with E-state index >= 15 is 0 Å². The lowest BCUT2D eigenvalue weighted by Crippen LogP contribution is -2.56. The Morgan fingerprint density at radius 1 is 1.31 bits per heavy atom. The standard InChI is InChI=1S/C19H26N2O4S/c1-13-4-8-19(9-5-13,18(24)25)20-16(22)2-3-17(23)21-10-6-15-14(12-21)7-11-26-15/h7,11,13H,2-6,8-10,12H2,1H3,(H,20,22)(H,24,25). The second-order valence-corrected chi connectivity index (χ2v) is 8.55. The SMILES string of the molecule is CC1CCC(NC(=O)CCC(=O)N2CCc3sccc3C2)(C(=O)O)CC1. The van der Waals surface area contributed by atoms with Crippen LogP contribution in [-0.2, 0) is 27.3 Å². The molecule has 0 aromatic carbocycles. The normalized spacial score (nSPS) is 25.4. The Bertz CT molecular complexity index is 691. The van der Waals surface area contributed by atoms with Gasteiger partial charge in [-0.15, -0.1) is 11.3 Å². The predicted molar refractivity (Wildman–Crippen MR) is 98.8 cm³/mol. The fourth-order valence-corrected chi connectivity index (χ4v) is 4.71. The maximum atomic E-state index is 12.4. The number of fused-ring (bicyclic) bond motifs is 1. The zero-order valence-electron chi connectivity index (χ0n) is 15.1. The van der Waals surface area contributed by atoms with Crippen molar-refractivity contribution >= 4 is 29.1 Å². The van der Waals surface area contributed by atoms with Gasteiger partial charge in [0.25, 0.3) is 0 Å². The third-order valence-corrected chi connectivity index (χ3v) is 6.67. The van der Waals surface area contributed by atoms with Crippen molar-refractivity contribution in [2.45, 2.75) is 64.0 Å². The quantitative estimate of drug-likeness (QED) is 0.824. The molecule has 26 heavy (non-hydrogen) atoms. The number of hydrogen-bond acceptors (Lipinski definition) is 4. The van der Waals surface area contributed by atoms with Crippen LogP contribution in [0.25, 0.3) is 0 Å². The lowest BCUT2D eigenvalue weighted by molar-refractivity contribution is -0.149. The highest BCUT2D eigenvalue weighted by Gasteiger charge is 2.42. The van der Waals surface area contributed by atoms with Crippen molar-refractivity contribution in [1.82, 2.24) is 10.2 Å². The molecule has 2 aliphatic rings. The number of nitrogens with zero attached hydrogens (tertiary/aromatic N) is 1. The topological polar surface area (TPSA) is 86.7 Å². The molecule has 0 atom stereocenters. The van der Waals surface area contributed by atoms with Crippen LogP contribution in [0.2, 0.25) is 0 Å².